The third kappa shape index (κ3) is 2.63. The first kappa shape index (κ1) is 11.6. The van der Waals surface area contributed by atoms with Crippen LogP contribution >= 0.6 is 0 Å². The minimum Gasteiger partial charge on any atom is -0.377 e. The molecule has 0 saturated carbocycles. The van der Waals surface area contributed by atoms with Crippen LogP contribution in [0.15, 0.2) is 24.3 Å². The number of methoxy groups -OCH3 is 1. The monoisotopic (exact) mass is 219 g/mol. The third-order valence-corrected chi connectivity index (χ3v) is 3.47. The minimum absolute atomic E-state index is 0.00600. The largest absolute Gasteiger partial charge is 0.377 e. The lowest BCUT2D eigenvalue weighted by Crippen LogP contribution is -2.48. The van der Waals surface area contributed by atoms with Gasteiger partial charge in [0.05, 0.1) is 5.60 Å². The molecule has 1 aromatic rings. The highest BCUT2D eigenvalue weighted by atomic mass is 16.5. The maximum atomic E-state index is 5.76. The van der Waals surface area contributed by atoms with Gasteiger partial charge in [-0.1, -0.05) is 29.8 Å². The molecule has 1 aliphatic heterocycles. The molecule has 1 unspecified atom stereocenters. The van der Waals surface area contributed by atoms with Gasteiger partial charge in [-0.05, 0) is 31.9 Å². The lowest BCUT2D eigenvalue weighted by atomic mass is 9.87. The zero-order valence-corrected chi connectivity index (χ0v) is 10.3. The van der Waals surface area contributed by atoms with Gasteiger partial charge in [0.25, 0.3) is 0 Å². The Bertz CT molecular complexity index is 342. The van der Waals surface area contributed by atoms with Crippen molar-refractivity contribution in [3.05, 3.63) is 35.4 Å². The van der Waals surface area contributed by atoms with Crippen LogP contribution in [0.4, 0.5) is 0 Å². The molecular weight excluding hydrogens is 198 g/mol. The number of hydrogen-bond donors (Lipinski definition) is 1. The van der Waals surface area contributed by atoms with Crippen molar-refractivity contribution in [2.75, 3.05) is 20.2 Å². The van der Waals surface area contributed by atoms with E-state index in [-0.39, 0.29) is 5.60 Å². The van der Waals surface area contributed by atoms with Gasteiger partial charge >= 0.3 is 0 Å². The number of rotatable bonds is 3. The van der Waals surface area contributed by atoms with Crippen molar-refractivity contribution in [3.8, 4) is 0 Å². The van der Waals surface area contributed by atoms with E-state index in [1.165, 1.54) is 17.5 Å². The molecule has 2 nitrogen and oxygen atoms in total. The fraction of sp³-hybridized carbons (Fsp3) is 0.571. The van der Waals surface area contributed by atoms with E-state index in [1.54, 1.807) is 0 Å². The van der Waals surface area contributed by atoms with Gasteiger partial charge in [0.1, 0.15) is 0 Å². The molecule has 1 heterocycles. The summed E-state index contributed by atoms with van der Waals surface area (Å²) in [5, 5.41) is 3.44. The summed E-state index contributed by atoms with van der Waals surface area (Å²) in [7, 11) is 1.84. The Labute approximate surface area is 98.0 Å². The van der Waals surface area contributed by atoms with Gasteiger partial charge in [-0.3, -0.25) is 0 Å². The summed E-state index contributed by atoms with van der Waals surface area (Å²) >= 11 is 0. The fourth-order valence-electron chi connectivity index (χ4n) is 2.53. The first-order valence-corrected chi connectivity index (χ1v) is 6.06. The Morgan fingerprint density at radius 3 is 2.94 bits per heavy atom. The fourth-order valence-corrected chi connectivity index (χ4v) is 2.53. The molecule has 2 rings (SSSR count). The van der Waals surface area contributed by atoms with E-state index >= 15 is 0 Å². The number of ether oxygens (including phenoxy) is 1. The van der Waals surface area contributed by atoms with Gasteiger partial charge in [0, 0.05) is 20.1 Å². The van der Waals surface area contributed by atoms with Crippen LogP contribution in [-0.2, 0) is 11.2 Å². The number of piperidine rings is 1. The van der Waals surface area contributed by atoms with Crippen LogP contribution in [0, 0.1) is 6.92 Å². The van der Waals surface area contributed by atoms with Crippen molar-refractivity contribution in [3.63, 3.8) is 0 Å². The van der Waals surface area contributed by atoms with Gasteiger partial charge in [-0.2, -0.15) is 0 Å². The lowest BCUT2D eigenvalue weighted by Gasteiger charge is -2.36. The average molecular weight is 219 g/mol. The summed E-state index contributed by atoms with van der Waals surface area (Å²) in [5.41, 5.74) is 2.71. The molecule has 1 aromatic carbocycles. The van der Waals surface area contributed by atoms with Crippen molar-refractivity contribution >= 4 is 0 Å². The third-order valence-electron chi connectivity index (χ3n) is 3.47. The van der Waals surface area contributed by atoms with Crippen LogP contribution in [0.1, 0.15) is 24.0 Å². The van der Waals surface area contributed by atoms with Crippen molar-refractivity contribution in [1.29, 1.82) is 0 Å². The van der Waals surface area contributed by atoms with Crippen LogP contribution in [0.25, 0.3) is 0 Å². The van der Waals surface area contributed by atoms with Crippen molar-refractivity contribution in [2.24, 2.45) is 0 Å². The summed E-state index contributed by atoms with van der Waals surface area (Å²) < 4.78 is 5.76. The molecule has 1 fully saturated rings. The minimum atomic E-state index is 0.00600. The molecule has 2 heteroatoms. The van der Waals surface area contributed by atoms with Crippen molar-refractivity contribution in [2.45, 2.75) is 31.8 Å². The summed E-state index contributed by atoms with van der Waals surface area (Å²) in [6.07, 6.45) is 3.38. The van der Waals surface area contributed by atoms with Crippen LogP contribution < -0.4 is 5.32 Å². The van der Waals surface area contributed by atoms with Gasteiger partial charge in [0.2, 0.25) is 0 Å². The van der Waals surface area contributed by atoms with E-state index in [4.69, 9.17) is 4.74 Å². The molecule has 16 heavy (non-hydrogen) atoms. The molecule has 0 radical (unpaired) electrons. The number of aryl methyl sites for hydroxylation is 1. The molecule has 88 valence electrons. The van der Waals surface area contributed by atoms with Crippen molar-refractivity contribution < 1.29 is 4.74 Å². The Kier molecular flexibility index (Phi) is 3.62. The molecule has 0 bridgehead atoms. The number of hydrogen-bond acceptors (Lipinski definition) is 2. The quantitative estimate of drug-likeness (QED) is 0.842. The van der Waals surface area contributed by atoms with Crippen molar-refractivity contribution in [1.82, 2.24) is 5.32 Å². The maximum Gasteiger partial charge on any atom is 0.0843 e. The Balaban J connectivity index is 2.11. The molecule has 1 saturated heterocycles. The van der Waals surface area contributed by atoms with Crippen LogP contribution in [0.5, 0.6) is 0 Å². The van der Waals surface area contributed by atoms with Crippen LogP contribution in [0.2, 0.25) is 0 Å². The van der Waals surface area contributed by atoms with Gasteiger partial charge in [-0.25, -0.2) is 0 Å². The molecular formula is C14H21NO. The molecule has 0 amide bonds. The van der Waals surface area contributed by atoms with Gasteiger partial charge in [-0.15, -0.1) is 0 Å². The van der Waals surface area contributed by atoms with E-state index < -0.39 is 0 Å². The Morgan fingerprint density at radius 1 is 1.44 bits per heavy atom. The lowest BCUT2D eigenvalue weighted by molar-refractivity contribution is -0.0278. The summed E-state index contributed by atoms with van der Waals surface area (Å²) in [4.78, 5) is 0. The van der Waals surface area contributed by atoms with E-state index in [2.05, 4.69) is 36.5 Å². The van der Waals surface area contributed by atoms with E-state index in [0.717, 1.165) is 25.9 Å². The molecule has 1 N–H and O–H groups in total. The SMILES string of the molecule is COC1(Cc2cccc(C)c2)CCCNC1. The van der Waals surface area contributed by atoms with Crippen LogP contribution in [-0.4, -0.2) is 25.8 Å². The first-order chi connectivity index (χ1) is 7.74. The summed E-state index contributed by atoms with van der Waals surface area (Å²) in [5.74, 6) is 0. The van der Waals surface area contributed by atoms with E-state index in [1.807, 2.05) is 7.11 Å². The second-order valence-electron chi connectivity index (χ2n) is 4.83. The van der Waals surface area contributed by atoms with Gasteiger partial charge < -0.3 is 10.1 Å². The van der Waals surface area contributed by atoms with Crippen LogP contribution in [0.3, 0.4) is 0 Å². The van der Waals surface area contributed by atoms with E-state index in [0.29, 0.717) is 0 Å². The second-order valence-corrected chi connectivity index (χ2v) is 4.83. The molecule has 1 aliphatic rings. The smallest absolute Gasteiger partial charge is 0.0843 e. The predicted octanol–water partition coefficient (Wildman–Crippen LogP) is 2.31. The number of benzene rings is 1. The van der Waals surface area contributed by atoms with E-state index in [9.17, 15) is 0 Å². The maximum absolute atomic E-state index is 5.76. The zero-order valence-electron chi connectivity index (χ0n) is 10.3. The summed E-state index contributed by atoms with van der Waals surface area (Å²) in [6.45, 7) is 4.23. The Morgan fingerprint density at radius 2 is 2.31 bits per heavy atom. The second kappa shape index (κ2) is 4.98. The first-order valence-electron chi connectivity index (χ1n) is 6.06. The topological polar surface area (TPSA) is 21.3 Å². The highest BCUT2D eigenvalue weighted by Crippen LogP contribution is 2.25. The highest BCUT2D eigenvalue weighted by molar-refractivity contribution is 5.24. The highest BCUT2D eigenvalue weighted by Gasteiger charge is 2.31. The number of nitrogens with one attached hydrogen (secondary N) is 1. The molecule has 1 atom stereocenters. The molecule has 0 aromatic heterocycles. The zero-order chi connectivity index (χ0) is 11.4. The normalized spacial score (nSPS) is 25.6. The Hall–Kier alpha value is -0.860. The van der Waals surface area contributed by atoms with Gasteiger partial charge in [0.15, 0.2) is 0 Å². The summed E-state index contributed by atoms with van der Waals surface area (Å²) in [6, 6.07) is 8.73. The average Bonchev–Trinajstić information content (AvgIpc) is 2.30. The molecule has 0 aliphatic carbocycles. The standard InChI is InChI=1S/C14H21NO/c1-12-5-3-6-13(9-12)10-14(16-2)7-4-8-15-11-14/h3,5-6,9,15H,4,7-8,10-11H2,1-2H3. The molecule has 0 spiro atoms. The predicted molar refractivity (Wildman–Crippen MR) is 66.7 cm³/mol.